The number of carbonyl (C=O) groups excluding carboxylic acids is 2. The van der Waals surface area contributed by atoms with Crippen molar-refractivity contribution < 1.29 is 9.59 Å². The number of amides is 1. The Hall–Kier alpha value is -3.08. The average Bonchev–Trinajstić information content (AvgIpc) is 3.19. The normalized spacial score (nSPS) is 18.2. The summed E-state index contributed by atoms with van der Waals surface area (Å²) in [7, 11) is 0. The second-order valence-electron chi connectivity index (χ2n) is 8.11. The fraction of sp³-hybridized carbons (Fsp3) is 0.333. The van der Waals surface area contributed by atoms with Crippen LogP contribution in [0.25, 0.3) is 10.8 Å². The number of rotatable bonds is 3. The topological polar surface area (TPSA) is 63.2 Å². The second kappa shape index (κ2) is 7.07. The number of hydrogen-bond acceptors (Lipinski definition) is 4. The van der Waals surface area contributed by atoms with Gasteiger partial charge < -0.3 is 4.90 Å². The number of ketones is 1. The summed E-state index contributed by atoms with van der Waals surface area (Å²) in [5.74, 6) is -0.173. The zero-order chi connectivity index (χ0) is 20.0. The Morgan fingerprint density at radius 1 is 1.03 bits per heavy atom. The monoisotopic (exact) mass is 385 g/mol. The molecule has 2 heterocycles. The van der Waals surface area contributed by atoms with Crippen LogP contribution < -0.4 is 0 Å². The van der Waals surface area contributed by atoms with Gasteiger partial charge in [-0.3, -0.25) is 14.6 Å². The third kappa shape index (κ3) is 3.11. The number of aryl methyl sites for hydroxylation is 3. The van der Waals surface area contributed by atoms with Crippen LogP contribution in [0.15, 0.2) is 42.7 Å². The van der Waals surface area contributed by atoms with Gasteiger partial charge in [-0.2, -0.15) is 0 Å². The number of hydrogen-bond donors (Lipinski definition) is 0. The third-order valence-corrected chi connectivity index (χ3v) is 6.22. The van der Waals surface area contributed by atoms with E-state index in [-0.39, 0.29) is 17.6 Å². The quantitative estimate of drug-likeness (QED) is 0.644. The minimum atomic E-state index is -0.176. The summed E-state index contributed by atoms with van der Waals surface area (Å²) in [5.41, 5.74) is 4.59. The van der Waals surface area contributed by atoms with Crippen LogP contribution >= 0.6 is 0 Å². The Balaban J connectivity index is 1.42. The Kier molecular flexibility index (Phi) is 4.38. The lowest BCUT2D eigenvalue weighted by Crippen LogP contribution is -2.42. The van der Waals surface area contributed by atoms with Gasteiger partial charge in [-0.05, 0) is 54.5 Å². The van der Waals surface area contributed by atoms with Crippen molar-refractivity contribution in [2.45, 2.75) is 32.6 Å². The molecule has 1 saturated heterocycles. The average molecular weight is 385 g/mol. The zero-order valence-corrected chi connectivity index (χ0v) is 16.5. The molecule has 0 bridgehead atoms. The van der Waals surface area contributed by atoms with Gasteiger partial charge in [0.05, 0.1) is 11.9 Å². The van der Waals surface area contributed by atoms with Crippen LogP contribution in [0.1, 0.15) is 50.5 Å². The van der Waals surface area contributed by atoms with Crippen LogP contribution in [0.4, 0.5) is 0 Å². The number of nitrogens with zero attached hydrogens (tertiary/aromatic N) is 3. The van der Waals surface area contributed by atoms with E-state index < -0.39 is 0 Å². The Morgan fingerprint density at radius 2 is 1.86 bits per heavy atom. The van der Waals surface area contributed by atoms with Gasteiger partial charge in [0.2, 0.25) is 0 Å². The number of likely N-dealkylation sites (tertiary alicyclic amines) is 1. The number of benzene rings is 2. The number of aromatic nitrogens is 2. The molecule has 0 spiro atoms. The molecular formula is C24H23N3O2. The summed E-state index contributed by atoms with van der Waals surface area (Å²) in [6.45, 7) is 2.94. The first-order valence-electron chi connectivity index (χ1n) is 10.3. The molecule has 2 aromatic carbocycles. The molecule has 1 aliphatic carbocycles. The molecule has 1 atom stereocenters. The number of Topliss-reactive ketones (excluding diaryl/α,β-unsaturated/α-hetero) is 1. The van der Waals surface area contributed by atoms with Crippen molar-refractivity contribution in [1.29, 1.82) is 0 Å². The maximum Gasteiger partial charge on any atom is 0.274 e. The minimum Gasteiger partial charge on any atom is -0.337 e. The van der Waals surface area contributed by atoms with Crippen LogP contribution in [0, 0.1) is 12.8 Å². The molecular weight excluding hydrogens is 362 g/mol. The van der Waals surface area contributed by atoms with E-state index >= 15 is 0 Å². The number of piperidine rings is 1. The molecule has 5 nitrogen and oxygen atoms in total. The van der Waals surface area contributed by atoms with Gasteiger partial charge in [-0.15, -0.1) is 0 Å². The van der Waals surface area contributed by atoms with Gasteiger partial charge in [-0.1, -0.05) is 30.3 Å². The highest BCUT2D eigenvalue weighted by Crippen LogP contribution is 2.34. The molecule has 1 amide bonds. The largest absolute Gasteiger partial charge is 0.337 e. The molecule has 3 aromatic rings. The van der Waals surface area contributed by atoms with Gasteiger partial charge in [-0.25, -0.2) is 4.98 Å². The van der Waals surface area contributed by atoms with E-state index in [1.807, 2.05) is 13.0 Å². The minimum absolute atomic E-state index is 0.143. The van der Waals surface area contributed by atoms with Crippen LogP contribution in [0.3, 0.4) is 0 Å². The molecule has 29 heavy (non-hydrogen) atoms. The highest BCUT2D eigenvalue weighted by molar-refractivity contribution is 6.11. The highest BCUT2D eigenvalue weighted by atomic mass is 16.2. The summed E-state index contributed by atoms with van der Waals surface area (Å²) >= 11 is 0. The van der Waals surface area contributed by atoms with Crippen molar-refractivity contribution in [3.8, 4) is 0 Å². The van der Waals surface area contributed by atoms with E-state index in [4.69, 9.17) is 0 Å². The highest BCUT2D eigenvalue weighted by Gasteiger charge is 2.31. The molecule has 1 aliphatic heterocycles. The van der Waals surface area contributed by atoms with E-state index in [1.165, 1.54) is 22.7 Å². The SMILES string of the molecule is Cc1cnc(C(=O)N2CCC[C@@H](C(=O)c3ccc4c5c(cccc35)CC4)C2)cn1. The van der Waals surface area contributed by atoms with Gasteiger partial charge in [0.25, 0.3) is 5.91 Å². The molecule has 0 N–H and O–H groups in total. The predicted octanol–water partition coefficient (Wildman–Crippen LogP) is 3.77. The maximum absolute atomic E-state index is 13.4. The summed E-state index contributed by atoms with van der Waals surface area (Å²) < 4.78 is 0. The third-order valence-electron chi connectivity index (χ3n) is 6.22. The Labute approximate surface area is 169 Å². The van der Waals surface area contributed by atoms with E-state index in [9.17, 15) is 9.59 Å². The fourth-order valence-corrected chi connectivity index (χ4v) is 4.72. The smallest absolute Gasteiger partial charge is 0.274 e. The molecule has 1 fully saturated rings. The molecule has 0 unspecified atom stereocenters. The van der Waals surface area contributed by atoms with Gasteiger partial charge in [0.15, 0.2) is 5.78 Å². The van der Waals surface area contributed by atoms with Gasteiger partial charge in [0.1, 0.15) is 5.69 Å². The van der Waals surface area contributed by atoms with Crippen molar-refractivity contribution in [3.05, 3.63) is 70.8 Å². The van der Waals surface area contributed by atoms with E-state index in [0.29, 0.717) is 18.8 Å². The fourth-order valence-electron chi connectivity index (χ4n) is 4.72. The molecule has 1 aromatic heterocycles. The van der Waals surface area contributed by atoms with Gasteiger partial charge >= 0.3 is 0 Å². The first kappa shape index (κ1) is 18.0. The first-order valence-corrected chi connectivity index (χ1v) is 10.3. The molecule has 5 rings (SSSR count). The Bertz CT molecular complexity index is 1110. The first-order chi connectivity index (χ1) is 14.1. The summed E-state index contributed by atoms with van der Waals surface area (Å²) in [6.07, 6.45) is 6.86. The second-order valence-corrected chi connectivity index (χ2v) is 8.11. The standard InChI is InChI=1S/C24H23N3O2/c1-15-12-26-21(13-25-15)24(29)27-11-3-5-18(14-27)23(28)20-10-9-17-8-7-16-4-2-6-19(20)22(16)17/h2,4,6,9-10,12-13,18H,3,5,7-8,11,14H2,1H3/t18-/m1/s1. The lowest BCUT2D eigenvalue weighted by atomic mass is 9.87. The van der Waals surface area contributed by atoms with Crippen molar-refractivity contribution >= 4 is 22.5 Å². The van der Waals surface area contributed by atoms with Gasteiger partial charge in [0, 0.05) is 30.8 Å². The maximum atomic E-state index is 13.4. The molecule has 5 heteroatoms. The van der Waals surface area contributed by atoms with E-state index in [2.05, 4.69) is 34.2 Å². The molecule has 0 saturated carbocycles. The lowest BCUT2D eigenvalue weighted by Gasteiger charge is -2.32. The zero-order valence-electron chi connectivity index (χ0n) is 16.5. The predicted molar refractivity (Wildman–Crippen MR) is 111 cm³/mol. The van der Waals surface area contributed by atoms with Crippen molar-refractivity contribution in [2.24, 2.45) is 5.92 Å². The molecule has 0 radical (unpaired) electrons. The van der Waals surface area contributed by atoms with Crippen LogP contribution in [0.2, 0.25) is 0 Å². The van der Waals surface area contributed by atoms with Crippen molar-refractivity contribution in [2.75, 3.05) is 13.1 Å². The summed E-state index contributed by atoms with van der Waals surface area (Å²) in [6, 6.07) is 10.4. The van der Waals surface area contributed by atoms with E-state index in [1.54, 1.807) is 11.1 Å². The van der Waals surface area contributed by atoms with Crippen molar-refractivity contribution in [1.82, 2.24) is 14.9 Å². The van der Waals surface area contributed by atoms with Crippen LogP contribution in [-0.2, 0) is 12.8 Å². The Morgan fingerprint density at radius 3 is 2.66 bits per heavy atom. The van der Waals surface area contributed by atoms with Crippen LogP contribution in [-0.4, -0.2) is 39.6 Å². The summed E-state index contributed by atoms with van der Waals surface area (Å²) in [5, 5.41) is 2.33. The van der Waals surface area contributed by atoms with Crippen LogP contribution in [0.5, 0.6) is 0 Å². The lowest BCUT2D eigenvalue weighted by molar-refractivity contribution is 0.0632. The van der Waals surface area contributed by atoms with Crippen molar-refractivity contribution in [3.63, 3.8) is 0 Å². The molecule has 2 aliphatic rings. The number of carbonyl (C=O) groups is 2. The van der Waals surface area contributed by atoms with E-state index in [0.717, 1.165) is 42.3 Å². The summed E-state index contributed by atoms with van der Waals surface area (Å²) in [4.78, 5) is 36.4. The molecule has 146 valence electrons.